The summed E-state index contributed by atoms with van der Waals surface area (Å²) >= 11 is 0. The summed E-state index contributed by atoms with van der Waals surface area (Å²) < 4.78 is 12.2. The highest BCUT2D eigenvalue weighted by atomic mass is 16.5. The fraction of sp³-hybridized carbons (Fsp3) is 0.385. The number of hydrogen-bond acceptors (Lipinski definition) is 6. The number of methoxy groups -OCH3 is 1. The number of esters is 1. The van der Waals surface area contributed by atoms with Crippen LogP contribution in [0.2, 0.25) is 0 Å². The van der Waals surface area contributed by atoms with Gasteiger partial charge < -0.3 is 19.4 Å². The Morgan fingerprint density at radius 2 is 1.85 bits per heavy atom. The second kappa shape index (κ2) is 12.5. The van der Waals surface area contributed by atoms with Crippen molar-refractivity contribution in [2.45, 2.75) is 40.7 Å². The molecule has 1 N–H and O–H groups in total. The standard InChI is InChI=1S/C26H31N3O5/c1-17(2)12-25(31)28-23-8-6-20(7-9-23)24(30)16-34-26(32)22(15-27)14-21-13-18(3)29(19(21)4)10-11-33-5/h6-9,13-14,17H,10-12,16H2,1-5H3,(H,28,31). The first kappa shape index (κ1) is 26.6. The third kappa shape index (κ3) is 7.42. The molecule has 0 saturated heterocycles. The molecule has 2 rings (SSSR count). The number of aromatic nitrogens is 1. The lowest BCUT2D eigenvalue weighted by Crippen LogP contribution is -2.16. The molecule has 180 valence electrons. The third-order valence-electron chi connectivity index (χ3n) is 5.19. The normalized spacial score (nSPS) is 11.3. The first-order valence-electron chi connectivity index (χ1n) is 11.0. The van der Waals surface area contributed by atoms with E-state index in [2.05, 4.69) is 5.32 Å². The molecule has 0 fully saturated rings. The monoisotopic (exact) mass is 465 g/mol. The average Bonchev–Trinajstić information content (AvgIpc) is 3.06. The van der Waals surface area contributed by atoms with Gasteiger partial charge in [0.2, 0.25) is 5.91 Å². The first-order chi connectivity index (χ1) is 16.2. The highest BCUT2D eigenvalue weighted by molar-refractivity contribution is 6.02. The number of aryl methyl sites for hydroxylation is 1. The number of amides is 1. The van der Waals surface area contributed by atoms with E-state index in [0.29, 0.717) is 30.8 Å². The Morgan fingerprint density at radius 3 is 2.44 bits per heavy atom. The lowest BCUT2D eigenvalue weighted by molar-refractivity contribution is -0.137. The number of Topliss-reactive ketones (excluding diaryl/α,β-unsaturated/α-hetero) is 1. The predicted molar refractivity (Wildman–Crippen MR) is 129 cm³/mol. The fourth-order valence-electron chi connectivity index (χ4n) is 3.41. The molecule has 0 unspecified atom stereocenters. The minimum absolute atomic E-state index is 0.0988. The van der Waals surface area contributed by atoms with E-state index < -0.39 is 18.4 Å². The van der Waals surface area contributed by atoms with Gasteiger partial charge >= 0.3 is 5.97 Å². The van der Waals surface area contributed by atoms with Gasteiger partial charge in [-0.25, -0.2) is 4.79 Å². The van der Waals surface area contributed by atoms with Crippen molar-refractivity contribution in [3.63, 3.8) is 0 Å². The predicted octanol–water partition coefficient (Wildman–Crippen LogP) is 4.07. The van der Waals surface area contributed by atoms with Gasteiger partial charge in [0.05, 0.1) is 6.61 Å². The molecule has 1 aromatic heterocycles. The van der Waals surface area contributed by atoms with Gasteiger partial charge in [0.15, 0.2) is 12.4 Å². The quantitative estimate of drug-likeness (QED) is 0.232. The van der Waals surface area contributed by atoms with Crippen LogP contribution in [0.3, 0.4) is 0 Å². The lowest BCUT2D eigenvalue weighted by Gasteiger charge is -2.08. The van der Waals surface area contributed by atoms with Crippen molar-refractivity contribution in [1.82, 2.24) is 4.57 Å². The van der Waals surface area contributed by atoms with Crippen molar-refractivity contribution < 1.29 is 23.9 Å². The minimum Gasteiger partial charge on any atom is -0.453 e. The number of rotatable bonds is 11. The zero-order valence-electron chi connectivity index (χ0n) is 20.3. The van der Waals surface area contributed by atoms with E-state index >= 15 is 0 Å². The Hall–Kier alpha value is -3.70. The van der Waals surface area contributed by atoms with Crippen LogP contribution in [-0.4, -0.2) is 42.6 Å². The summed E-state index contributed by atoms with van der Waals surface area (Å²) in [5.41, 5.74) is 3.32. The number of ketones is 1. The highest BCUT2D eigenvalue weighted by Gasteiger charge is 2.16. The van der Waals surface area contributed by atoms with Crippen molar-refractivity contribution in [1.29, 1.82) is 5.26 Å². The number of anilines is 1. The van der Waals surface area contributed by atoms with Crippen LogP contribution in [0.5, 0.6) is 0 Å². The molecule has 1 heterocycles. The summed E-state index contributed by atoms with van der Waals surface area (Å²) in [7, 11) is 1.63. The van der Waals surface area contributed by atoms with Gasteiger partial charge in [-0.15, -0.1) is 0 Å². The van der Waals surface area contributed by atoms with E-state index in [1.165, 1.54) is 6.08 Å². The summed E-state index contributed by atoms with van der Waals surface area (Å²) in [6.07, 6.45) is 1.87. The molecule has 0 radical (unpaired) electrons. The van der Waals surface area contributed by atoms with Crippen LogP contribution in [0.15, 0.2) is 35.9 Å². The Balaban J connectivity index is 2.00. The van der Waals surface area contributed by atoms with Gasteiger partial charge in [0.1, 0.15) is 11.6 Å². The molecule has 0 saturated carbocycles. The Bertz CT molecular complexity index is 1100. The van der Waals surface area contributed by atoms with E-state index in [4.69, 9.17) is 9.47 Å². The van der Waals surface area contributed by atoms with Crippen LogP contribution in [0.4, 0.5) is 5.69 Å². The van der Waals surface area contributed by atoms with Crippen LogP contribution in [0.1, 0.15) is 47.6 Å². The third-order valence-corrected chi connectivity index (χ3v) is 5.19. The first-order valence-corrected chi connectivity index (χ1v) is 11.0. The van der Waals surface area contributed by atoms with Gasteiger partial charge in [-0.1, -0.05) is 13.8 Å². The Labute approximate surface area is 200 Å². The molecular weight excluding hydrogens is 434 g/mol. The minimum atomic E-state index is -0.866. The molecule has 0 spiro atoms. The number of carbonyl (C=O) groups is 3. The SMILES string of the molecule is COCCn1c(C)cc(C=C(C#N)C(=O)OCC(=O)c2ccc(NC(=O)CC(C)C)cc2)c1C. The number of hydrogen-bond donors (Lipinski definition) is 1. The zero-order chi connectivity index (χ0) is 25.3. The molecule has 8 nitrogen and oxygen atoms in total. The molecule has 1 amide bonds. The molecule has 0 aliphatic rings. The topological polar surface area (TPSA) is 110 Å². The maximum atomic E-state index is 12.4. The van der Waals surface area contributed by atoms with Crippen LogP contribution >= 0.6 is 0 Å². The zero-order valence-corrected chi connectivity index (χ0v) is 20.3. The lowest BCUT2D eigenvalue weighted by atomic mass is 10.1. The van der Waals surface area contributed by atoms with Gasteiger partial charge in [-0.3, -0.25) is 9.59 Å². The second-order valence-electron chi connectivity index (χ2n) is 8.36. The summed E-state index contributed by atoms with van der Waals surface area (Å²) in [4.78, 5) is 36.7. The van der Waals surface area contributed by atoms with Crippen molar-refractivity contribution in [2.75, 3.05) is 25.6 Å². The van der Waals surface area contributed by atoms with Crippen molar-refractivity contribution in [3.8, 4) is 6.07 Å². The summed E-state index contributed by atoms with van der Waals surface area (Å²) in [5.74, 6) is -1.14. The molecule has 2 aromatic rings. The smallest absolute Gasteiger partial charge is 0.349 e. The second-order valence-corrected chi connectivity index (χ2v) is 8.36. The van der Waals surface area contributed by atoms with Crippen LogP contribution in [0, 0.1) is 31.1 Å². The van der Waals surface area contributed by atoms with Gasteiger partial charge in [-0.2, -0.15) is 5.26 Å². The molecule has 1 aromatic carbocycles. The van der Waals surface area contributed by atoms with Crippen LogP contribution in [-0.2, 0) is 25.6 Å². The number of nitrogens with one attached hydrogen (secondary N) is 1. The molecule has 0 aliphatic heterocycles. The number of carbonyl (C=O) groups excluding carboxylic acids is 3. The number of nitrogens with zero attached hydrogens (tertiary/aromatic N) is 2. The van der Waals surface area contributed by atoms with E-state index in [9.17, 15) is 19.6 Å². The molecule has 8 heteroatoms. The summed E-state index contributed by atoms with van der Waals surface area (Å²) in [6.45, 7) is 8.44. The molecular formula is C26H31N3O5. The molecule has 34 heavy (non-hydrogen) atoms. The van der Waals surface area contributed by atoms with Gasteiger partial charge in [0.25, 0.3) is 0 Å². The van der Waals surface area contributed by atoms with E-state index in [-0.39, 0.29) is 17.4 Å². The van der Waals surface area contributed by atoms with E-state index in [1.807, 2.05) is 44.4 Å². The van der Waals surface area contributed by atoms with Crippen molar-refractivity contribution in [3.05, 3.63) is 58.4 Å². The highest BCUT2D eigenvalue weighted by Crippen LogP contribution is 2.19. The number of ether oxygens (including phenoxy) is 2. The Morgan fingerprint density at radius 1 is 1.18 bits per heavy atom. The van der Waals surface area contributed by atoms with Crippen LogP contribution in [0.25, 0.3) is 6.08 Å². The number of benzene rings is 1. The van der Waals surface area contributed by atoms with Gasteiger partial charge in [-0.05, 0) is 61.7 Å². The molecule has 0 aliphatic carbocycles. The summed E-state index contributed by atoms with van der Waals surface area (Å²) in [6, 6.07) is 10.1. The largest absolute Gasteiger partial charge is 0.453 e. The molecule has 0 atom stereocenters. The Kier molecular flexibility index (Phi) is 9.77. The van der Waals surface area contributed by atoms with Crippen molar-refractivity contribution >= 4 is 29.4 Å². The fourth-order valence-corrected chi connectivity index (χ4v) is 3.41. The van der Waals surface area contributed by atoms with Gasteiger partial charge in [0, 0.05) is 42.7 Å². The summed E-state index contributed by atoms with van der Waals surface area (Å²) in [5, 5.41) is 12.2. The average molecular weight is 466 g/mol. The maximum absolute atomic E-state index is 12.4. The van der Waals surface area contributed by atoms with Crippen molar-refractivity contribution in [2.24, 2.45) is 5.92 Å². The van der Waals surface area contributed by atoms with E-state index in [0.717, 1.165) is 17.0 Å². The molecule has 0 bridgehead atoms. The van der Waals surface area contributed by atoms with E-state index in [1.54, 1.807) is 31.4 Å². The maximum Gasteiger partial charge on any atom is 0.349 e. The van der Waals surface area contributed by atoms with Crippen LogP contribution < -0.4 is 5.32 Å². The number of nitriles is 1.